The van der Waals surface area contributed by atoms with Gasteiger partial charge in [0.15, 0.2) is 0 Å². The Morgan fingerprint density at radius 2 is 1.89 bits per heavy atom. The highest BCUT2D eigenvalue weighted by Gasteiger charge is 2.40. The molecule has 0 unspecified atom stereocenters. The lowest BCUT2D eigenvalue weighted by atomic mass is 9.64. The first kappa shape index (κ1) is 7.07. The number of rotatable bonds is 1. The third kappa shape index (κ3) is 1.11. The molecule has 9 heavy (non-hydrogen) atoms. The molecule has 0 aromatic heterocycles. The van der Waals surface area contributed by atoms with Crippen molar-refractivity contribution in [2.75, 3.05) is 0 Å². The van der Waals surface area contributed by atoms with E-state index in [0.29, 0.717) is 5.92 Å². The van der Waals surface area contributed by atoms with E-state index in [2.05, 4.69) is 20.8 Å². The van der Waals surface area contributed by atoms with E-state index < -0.39 is 0 Å². The maximum absolute atomic E-state index is 6.04. The van der Waals surface area contributed by atoms with Crippen molar-refractivity contribution in [3.05, 3.63) is 0 Å². The average Bonchev–Trinajstić information content (AvgIpc) is 1.62. The van der Waals surface area contributed by atoms with Gasteiger partial charge in [-0.3, -0.25) is 0 Å². The summed E-state index contributed by atoms with van der Waals surface area (Å²) in [5.41, 5.74) is 6.23. The van der Waals surface area contributed by atoms with Gasteiger partial charge < -0.3 is 5.73 Å². The molecule has 1 fully saturated rings. The summed E-state index contributed by atoms with van der Waals surface area (Å²) < 4.78 is 0. The molecule has 1 aliphatic rings. The molecule has 1 nitrogen and oxygen atoms in total. The minimum atomic E-state index is 0.194. The van der Waals surface area contributed by atoms with Crippen LogP contribution in [0.25, 0.3) is 0 Å². The van der Waals surface area contributed by atoms with Crippen LogP contribution < -0.4 is 5.73 Å². The largest absolute Gasteiger partial charge is 0.325 e. The van der Waals surface area contributed by atoms with Gasteiger partial charge in [-0.05, 0) is 24.7 Å². The fourth-order valence-corrected chi connectivity index (χ4v) is 1.71. The molecule has 54 valence electrons. The monoisotopic (exact) mass is 127 g/mol. The zero-order valence-corrected chi connectivity index (χ0v) is 6.65. The first-order chi connectivity index (χ1) is 4.04. The highest BCUT2D eigenvalue weighted by molar-refractivity contribution is 4.98. The lowest BCUT2D eigenvalue weighted by Crippen LogP contribution is -2.54. The summed E-state index contributed by atoms with van der Waals surface area (Å²) in [5.74, 6) is 1.53. The molecule has 1 rings (SSSR count). The summed E-state index contributed by atoms with van der Waals surface area (Å²) in [6, 6.07) is 0. The second-order valence-electron chi connectivity index (χ2n) is 3.90. The van der Waals surface area contributed by atoms with Gasteiger partial charge in [-0.15, -0.1) is 0 Å². The van der Waals surface area contributed by atoms with E-state index in [1.54, 1.807) is 0 Å². The van der Waals surface area contributed by atoms with Crippen LogP contribution in [0.5, 0.6) is 0 Å². The van der Waals surface area contributed by atoms with Gasteiger partial charge in [-0.2, -0.15) is 0 Å². The molecule has 0 spiro atoms. The topological polar surface area (TPSA) is 26.0 Å². The fourth-order valence-electron chi connectivity index (χ4n) is 1.71. The molecule has 0 aromatic carbocycles. The van der Waals surface area contributed by atoms with Crippen molar-refractivity contribution < 1.29 is 0 Å². The third-order valence-corrected chi connectivity index (χ3v) is 2.61. The summed E-state index contributed by atoms with van der Waals surface area (Å²) in [5, 5.41) is 0. The van der Waals surface area contributed by atoms with Crippen molar-refractivity contribution in [2.45, 2.75) is 39.2 Å². The zero-order chi connectivity index (χ0) is 7.07. The SMILES string of the molecule is CC1CC(N)(C(C)C)C1. The molecule has 1 heteroatoms. The Morgan fingerprint density at radius 3 is 2.00 bits per heavy atom. The smallest absolute Gasteiger partial charge is 0.0182 e. The van der Waals surface area contributed by atoms with Crippen molar-refractivity contribution in [1.82, 2.24) is 0 Å². The molecule has 2 N–H and O–H groups in total. The Kier molecular flexibility index (Phi) is 1.55. The van der Waals surface area contributed by atoms with Gasteiger partial charge in [0.05, 0.1) is 0 Å². The van der Waals surface area contributed by atoms with Gasteiger partial charge in [0.2, 0.25) is 0 Å². The van der Waals surface area contributed by atoms with E-state index >= 15 is 0 Å². The van der Waals surface area contributed by atoms with E-state index in [0.717, 1.165) is 5.92 Å². The predicted molar refractivity (Wildman–Crippen MR) is 40.2 cm³/mol. The Bertz CT molecular complexity index is 101. The van der Waals surface area contributed by atoms with E-state index in [1.807, 2.05) is 0 Å². The van der Waals surface area contributed by atoms with Crippen LogP contribution in [0, 0.1) is 11.8 Å². The Morgan fingerprint density at radius 1 is 1.44 bits per heavy atom. The second-order valence-corrected chi connectivity index (χ2v) is 3.90. The molecule has 1 saturated carbocycles. The van der Waals surface area contributed by atoms with Gasteiger partial charge >= 0.3 is 0 Å². The van der Waals surface area contributed by atoms with Crippen molar-refractivity contribution >= 4 is 0 Å². The average molecular weight is 127 g/mol. The normalized spacial score (nSPS) is 43.0. The standard InChI is InChI=1S/C8H17N/c1-6(2)8(9)4-7(3)5-8/h6-7H,4-5,9H2,1-3H3. The first-order valence-electron chi connectivity index (χ1n) is 3.83. The number of hydrogen-bond donors (Lipinski definition) is 1. The third-order valence-electron chi connectivity index (χ3n) is 2.61. The summed E-state index contributed by atoms with van der Waals surface area (Å²) in [6.45, 7) is 6.70. The van der Waals surface area contributed by atoms with Gasteiger partial charge in [-0.1, -0.05) is 20.8 Å². The maximum Gasteiger partial charge on any atom is 0.0182 e. The highest BCUT2D eigenvalue weighted by atomic mass is 14.8. The molecular formula is C8H17N. The van der Waals surface area contributed by atoms with Gasteiger partial charge in [0, 0.05) is 5.54 Å². The summed E-state index contributed by atoms with van der Waals surface area (Å²) in [7, 11) is 0. The minimum absolute atomic E-state index is 0.194. The van der Waals surface area contributed by atoms with E-state index in [1.165, 1.54) is 12.8 Å². The summed E-state index contributed by atoms with van der Waals surface area (Å²) in [6.07, 6.45) is 2.45. The molecule has 0 aliphatic heterocycles. The second kappa shape index (κ2) is 1.98. The fraction of sp³-hybridized carbons (Fsp3) is 1.00. The number of nitrogens with two attached hydrogens (primary N) is 1. The first-order valence-corrected chi connectivity index (χ1v) is 3.83. The molecule has 1 aliphatic carbocycles. The molecule has 0 aromatic rings. The minimum Gasteiger partial charge on any atom is -0.325 e. The molecule has 0 heterocycles. The quantitative estimate of drug-likeness (QED) is 0.570. The van der Waals surface area contributed by atoms with E-state index in [-0.39, 0.29) is 5.54 Å². The highest BCUT2D eigenvalue weighted by Crippen LogP contribution is 2.40. The van der Waals surface area contributed by atoms with Crippen LogP contribution in [0.2, 0.25) is 0 Å². The van der Waals surface area contributed by atoms with Crippen LogP contribution in [0.3, 0.4) is 0 Å². The molecule has 0 amide bonds. The molecule has 0 saturated heterocycles. The molecule has 0 atom stereocenters. The molecular weight excluding hydrogens is 110 g/mol. The van der Waals surface area contributed by atoms with Crippen LogP contribution in [-0.4, -0.2) is 5.54 Å². The molecule has 0 bridgehead atoms. The Balaban J connectivity index is 2.40. The van der Waals surface area contributed by atoms with Crippen LogP contribution in [0.4, 0.5) is 0 Å². The van der Waals surface area contributed by atoms with Crippen LogP contribution in [0.15, 0.2) is 0 Å². The van der Waals surface area contributed by atoms with Crippen LogP contribution in [0.1, 0.15) is 33.6 Å². The Hall–Kier alpha value is -0.0400. The lowest BCUT2D eigenvalue weighted by molar-refractivity contribution is 0.110. The summed E-state index contributed by atoms with van der Waals surface area (Å²) in [4.78, 5) is 0. The lowest BCUT2D eigenvalue weighted by Gasteiger charge is -2.46. The van der Waals surface area contributed by atoms with E-state index in [9.17, 15) is 0 Å². The maximum atomic E-state index is 6.04. The van der Waals surface area contributed by atoms with Gasteiger partial charge in [0.25, 0.3) is 0 Å². The van der Waals surface area contributed by atoms with Gasteiger partial charge in [0.1, 0.15) is 0 Å². The van der Waals surface area contributed by atoms with Crippen molar-refractivity contribution in [1.29, 1.82) is 0 Å². The van der Waals surface area contributed by atoms with Crippen molar-refractivity contribution in [3.63, 3.8) is 0 Å². The number of hydrogen-bond acceptors (Lipinski definition) is 1. The van der Waals surface area contributed by atoms with Gasteiger partial charge in [-0.25, -0.2) is 0 Å². The predicted octanol–water partition coefficient (Wildman–Crippen LogP) is 1.77. The van der Waals surface area contributed by atoms with Crippen molar-refractivity contribution in [2.24, 2.45) is 17.6 Å². The van der Waals surface area contributed by atoms with Crippen LogP contribution in [-0.2, 0) is 0 Å². The summed E-state index contributed by atoms with van der Waals surface area (Å²) >= 11 is 0. The van der Waals surface area contributed by atoms with Crippen molar-refractivity contribution in [3.8, 4) is 0 Å². The molecule has 0 radical (unpaired) electrons. The zero-order valence-electron chi connectivity index (χ0n) is 6.65. The van der Waals surface area contributed by atoms with E-state index in [4.69, 9.17) is 5.73 Å². The van der Waals surface area contributed by atoms with Crippen LogP contribution >= 0.6 is 0 Å². The Labute approximate surface area is 57.6 Å².